The Morgan fingerprint density at radius 3 is 2.77 bits per heavy atom. The summed E-state index contributed by atoms with van der Waals surface area (Å²) >= 11 is 0. The molecule has 1 saturated heterocycles. The third kappa shape index (κ3) is 3.43. The number of amides is 1. The lowest BCUT2D eigenvalue weighted by atomic mass is 9.90. The second kappa shape index (κ2) is 8.20. The van der Waals surface area contributed by atoms with Gasteiger partial charge in [-0.15, -0.1) is 5.10 Å². The number of carbonyl (C=O) groups excluding carboxylic acids is 1. The van der Waals surface area contributed by atoms with Crippen LogP contribution in [0, 0.1) is 0 Å². The summed E-state index contributed by atoms with van der Waals surface area (Å²) in [6, 6.07) is 13.0. The van der Waals surface area contributed by atoms with E-state index in [1.54, 1.807) is 29.3 Å². The Morgan fingerprint density at radius 2 is 2.03 bits per heavy atom. The molecule has 6 rings (SSSR count). The molecule has 35 heavy (non-hydrogen) atoms. The van der Waals surface area contributed by atoms with Crippen LogP contribution in [0.3, 0.4) is 0 Å². The van der Waals surface area contributed by atoms with Gasteiger partial charge in [0.2, 0.25) is 11.8 Å². The Balaban J connectivity index is 1.51. The number of benzene rings is 1. The van der Waals surface area contributed by atoms with Crippen molar-refractivity contribution >= 4 is 28.5 Å². The molecule has 11 heteroatoms. The Hall–Kier alpha value is -4.25. The van der Waals surface area contributed by atoms with Crippen molar-refractivity contribution in [1.29, 1.82) is 0 Å². The zero-order valence-electron chi connectivity index (χ0n) is 19.1. The van der Waals surface area contributed by atoms with Crippen LogP contribution in [0.4, 0.5) is 5.95 Å². The monoisotopic (exact) mass is 472 g/mol. The summed E-state index contributed by atoms with van der Waals surface area (Å²) in [5.74, 6) is 0.805. The van der Waals surface area contributed by atoms with Gasteiger partial charge in [-0.3, -0.25) is 4.79 Å². The SMILES string of the molecule is CC(C(=O)N[C@H]1CCCOC1)(c1ccccc1)n1ncc2c1nc(N)n1nc(-c3ccco3)nc21. The average Bonchev–Trinajstić information content (AvgIpc) is 3.64. The molecule has 5 heterocycles. The zero-order chi connectivity index (χ0) is 24.0. The number of hydrogen-bond acceptors (Lipinski definition) is 8. The molecule has 1 aliphatic heterocycles. The van der Waals surface area contributed by atoms with Crippen molar-refractivity contribution < 1.29 is 13.9 Å². The number of carbonyl (C=O) groups is 1. The minimum absolute atomic E-state index is 0.0711. The van der Waals surface area contributed by atoms with Gasteiger partial charge < -0.3 is 20.2 Å². The molecule has 4 aromatic heterocycles. The summed E-state index contributed by atoms with van der Waals surface area (Å²) in [6.45, 7) is 3.02. The maximum absolute atomic E-state index is 13.9. The van der Waals surface area contributed by atoms with Crippen LogP contribution in [0.25, 0.3) is 28.3 Å². The zero-order valence-corrected chi connectivity index (χ0v) is 19.1. The third-order valence-corrected chi connectivity index (χ3v) is 6.47. The maximum atomic E-state index is 13.9. The van der Waals surface area contributed by atoms with E-state index in [2.05, 4.69) is 25.5 Å². The molecule has 1 unspecified atom stereocenters. The second-order valence-electron chi connectivity index (χ2n) is 8.74. The number of nitrogens with one attached hydrogen (secondary N) is 1. The van der Waals surface area contributed by atoms with Crippen molar-refractivity contribution in [2.75, 3.05) is 18.9 Å². The van der Waals surface area contributed by atoms with Gasteiger partial charge in [0.05, 0.1) is 30.5 Å². The molecule has 1 aromatic carbocycles. The molecule has 0 aliphatic carbocycles. The van der Waals surface area contributed by atoms with Gasteiger partial charge in [0.15, 0.2) is 22.6 Å². The van der Waals surface area contributed by atoms with Gasteiger partial charge in [0.1, 0.15) is 0 Å². The fraction of sp³-hybridized carbons (Fsp3) is 0.292. The lowest BCUT2D eigenvalue weighted by molar-refractivity contribution is -0.129. The highest BCUT2D eigenvalue weighted by Crippen LogP contribution is 2.32. The first kappa shape index (κ1) is 21.3. The van der Waals surface area contributed by atoms with Gasteiger partial charge in [-0.2, -0.15) is 14.6 Å². The van der Waals surface area contributed by atoms with E-state index in [1.165, 1.54) is 4.52 Å². The van der Waals surface area contributed by atoms with E-state index >= 15 is 0 Å². The number of aromatic nitrogens is 6. The standard InChI is InChI=1S/C24H24N8O3/c1-24(15-7-3-2-4-8-15,22(33)27-16-9-5-11-34-14-16)32-21-17(13-26-32)20-28-19(18-10-6-12-35-18)30-31(20)23(25)29-21/h2-4,6-8,10,12-13,16H,5,9,11,14H2,1H3,(H2,25,29)(H,27,33)/t16-,24?/m0/s1. The molecular formula is C24H24N8O3. The molecule has 178 valence electrons. The first-order valence-corrected chi connectivity index (χ1v) is 11.4. The van der Waals surface area contributed by atoms with E-state index in [4.69, 9.17) is 14.9 Å². The van der Waals surface area contributed by atoms with Crippen LogP contribution in [-0.4, -0.2) is 54.5 Å². The smallest absolute Gasteiger partial charge is 0.252 e. The minimum Gasteiger partial charge on any atom is -0.461 e. The van der Waals surface area contributed by atoms with Crippen molar-refractivity contribution in [3.63, 3.8) is 0 Å². The lowest BCUT2D eigenvalue weighted by Gasteiger charge is -2.33. The van der Waals surface area contributed by atoms with Gasteiger partial charge in [0, 0.05) is 6.61 Å². The first-order valence-electron chi connectivity index (χ1n) is 11.4. The molecule has 0 bridgehead atoms. The molecule has 1 amide bonds. The van der Waals surface area contributed by atoms with Crippen LogP contribution in [0.5, 0.6) is 0 Å². The molecule has 1 fully saturated rings. The summed E-state index contributed by atoms with van der Waals surface area (Å²) in [4.78, 5) is 23.1. The van der Waals surface area contributed by atoms with E-state index in [0.29, 0.717) is 41.5 Å². The molecule has 3 N–H and O–H groups in total. The van der Waals surface area contributed by atoms with Gasteiger partial charge in [-0.25, -0.2) is 9.67 Å². The average molecular weight is 473 g/mol. The van der Waals surface area contributed by atoms with E-state index < -0.39 is 5.54 Å². The number of hydrogen-bond donors (Lipinski definition) is 2. The summed E-state index contributed by atoms with van der Waals surface area (Å²) in [7, 11) is 0. The number of furan rings is 1. The Labute approximate surface area is 199 Å². The summed E-state index contributed by atoms with van der Waals surface area (Å²) in [5.41, 5.74) is 6.74. The van der Waals surface area contributed by atoms with E-state index in [9.17, 15) is 4.79 Å². The van der Waals surface area contributed by atoms with Crippen LogP contribution in [-0.2, 0) is 15.1 Å². The highest BCUT2D eigenvalue weighted by atomic mass is 16.5. The number of nitrogens with two attached hydrogens (primary N) is 1. The van der Waals surface area contributed by atoms with Gasteiger partial charge in [-0.1, -0.05) is 30.3 Å². The van der Waals surface area contributed by atoms with Crippen molar-refractivity contribution in [1.82, 2.24) is 34.7 Å². The van der Waals surface area contributed by atoms with Crippen LogP contribution in [0.15, 0.2) is 59.3 Å². The molecule has 0 radical (unpaired) electrons. The lowest BCUT2D eigenvalue weighted by Crippen LogP contribution is -2.52. The quantitative estimate of drug-likeness (QED) is 0.398. The number of fused-ring (bicyclic) bond motifs is 3. The highest BCUT2D eigenvalue weighted by Gasteiger charge is 2.41. The number of nitrogens with zero attached hydrogens (tertiary/aromatic N) is 6. The first-order chi connectivity index (χ1) is 17.1. The molecule has 1 aliphatic rings. The second-order valence-corrected chi connectivity index (χ2v) is 8.74. The van der Waals surface area contributed by atoms with Crippen LogP contribution in [0.1, 0.15) is 25.3 Å². The number of nitrogen functional groups attached to an aromatic ring is 1. The largest absolute Gasteiger partial charge is 0.461 e. The number of anilines is 1. The summed E-state index contributed by atoms with van der Waals surface area (Å²) in [5, 5.41) is 12.8. The van der Waals surface area contributed by atoms with Gasteiger partial charge in [-0.05, 0) is 37.5 Å². The summed E-state index contributed by atoms with van der Waals surface area (Å²) in [6.07, 6.45) is 4.95. The molecule has 0 saturated carbocycles. The fourth-order valence-electron chi connectivity index (χ4n) is 4.54. The van der Waals surface area contributed by atoms with Crippen molar-refractivity contribution in [2.24, 2.45) is 0 Å². The van der Waals surface area contributed by atoms with Crippen LogP contribution < -0.4 is 11.1 Å². The van der Waals surface area contributed by atoms with Crippen molar-refractivity contribution in [3.05, 3.63) is 60.5 Å². The predicted octanol–water partition coefficient (Wildman–Crippen LogP) is 2.37. The number of rotatable bonds is 5. The Morgan fingerprint density at radius 1 is 1.17 bits per heavy atom. The molecular weight excluding hydrogens is 448 g/mol. The van der Waals surface area contributed by atoms with Crippen LogP contribution in [0.2, 0.25) is 0 Å². The Bertz CT molecular complexity index is 1500. The topological polar surface area (TPSA) is 138 Å². The molecule has 5 aromatic rings. The van der Waals surface area contributed by atoms with Gasteiger partial charge >= 0.3 is 0 Å². The van der Waals surface area contributed by atoms with Crippen LogP contribution >= 0.6 is 0 Å². The predicted molar refractivity (Wildman–Crippen MR) is 127 cm³/mol. The van der Waals surface area contributed by atoms with Crippen molar-refractivity contribution in [2.45, 2.75) is 31.3 Å². The van der Waals surface area contributed by atoms with Gasteiger partial charge in [0.25, 0.3) is 5.91 Å². The molecule has 11 nitrogen and oxygen atoms in total. The maximum Gasteiger partial charge on any atom is 0.252 e. The molecule has 2 atom stereocenters. The third-order valence-electron chi connectivity index (χ3n) is 6.47. The van der Waals surface area contributed by atoms with E-state index in [-0.39, 0.29) is 17.9 Å². The highest BCUT2D eigenvalue weighted by molar-refractivity contribution is 5.94. The normalized spacial score (nSPS) is 18.0. The minimum atomic E-state index is -1.21. The van der Waals surface area contributed by atoms with E-state index in [0.717, 1.165) is 18.4 Å². The summed E-state index contributed by atoms with van der Waals surface area (Å²) < 4.78 is 14.1. The van der Waals surface area contributed by atoms with Crippen molar-refractivity contribution in [3.8, 4) is 11.6 Å². The number of ether oxygens (including phenoxy) is 1. The Kier molecular flexibility index (Phi) is 4.99. The fourth-order valence-corrected chi connectivity index (χ4v) is 4.54. The van der Waals surface area contributed by atoms with E-state index in [1.807, 2.05) is 37.3 Å². The molecule has 0 spiro atoms.